The Morgan fingerprint density at radius 1 is 1.47 bits per heavy atom. The minimum Gasteiger partial charge on any atom is -0.397 e. The van der Waals surface area contributed by atoms with Crippen molar-refractivity contribution in [3.8, 4) is 0 Å². The van der Waals surface area contributed by atoms with Crippen LogP contribution in [0.2, 0.25) is 0 Å². The predicted molar refractivity (Wildman–Crippen MR) is 74.4 cm³/mol. The largest absolute Gasteiger partial charge is 0.397 e. The van der Waals surface area contributed by atoms with Crippen molar-refractivity contribution in [2.75, 3.05) is 11.1 Å². The number of nitrogens with zero attached hydrogens (tertiary/aromatic N) is 1. The van der Waals surface area contributed by atoms with Crippen LogP contribution in [0.4, 0.5) is 11.4 Å². The molecule has 90 valence electrons. The van der Waals surface area contributed by atoms with Gasteiger partial charge in [-0.15, -0.1) is 11.3 Å². The van der Waals surface area contributed by atoms with E-state index in [-0.39, 0.29) is 6.04 Å². The van der Waals surface area contributed by atoms with Crippen LogP contribution < -0.4 is 11.1 Å². The predicted octanol–water partition coefficient (Wildman–Crippen LogP) is 3.60. The molecule has 0 saturated carbocycles. The molecule has 0 radical (unpaired) electrons. The zero-order valence-electron chi connectivity index (χ0n) is 10.1. The zero-order chi connectivity index (χ0) is 12.3. The van der Waals surface area contributed by atoms with Gasteiger partial charge >= 0.3 is 0 Å². The number of aryl methyl sites for hydroxylation is 1. The van der Waals surface area contributed by atoms with Gasteiger partial charge in [0, 0.05) is 11.6 Å². The van der Waals surface area contributed by atoms with Gasteiger partial charge in [0.1, 0.15) is 5.01 Å². The molecule has 0 aliphatic heterocycles. The highest BCUT2D eigenvalue weighted by atomic mass is 32.1. The second-order valence-corrected chi connectivity index (χ2v) is 4.94. The maximum absolute atomic E-state index is 6.06. The number of rotatable bonds is 4. The van der Waals surface area contributed by atoms with Crippen LogP contribution in [0.15, 0.2) is 29.8 Å². The molecule has 4 heteroatoms. The fourth-order valence-corrected chi connectivity index (χ4v) is 2.51. The first-order chi connectivity index (χ1) is 8.22. The molecule has 1 aromatic carbocycles. The SMILES string of the molecule is CCC(Nc1cccc(C)c1N)c1nccs1. The van der Waals surface area contributed by atoms with Gasteiger partial charge in [0.2, 0.25) is 0 Å². The lowest BCUT2D eigenvalue weighted by molar-refractivity contribution is 0.742. The van der Waals surface area contributed by atoms with Gasteiger partial charge in [-0.05, 0) is 25.0 Å². The Labute approximate surface area is 106 Å². The maximum atomic E-state index is 6.06. The Kier molecular flexibility index (Phi) is 3.64. The van der Waals surface area contributed by atoms with Crippen LogP contribution in [0.5, 0.6) is 0 Å². The van der Waals surface area contributed by atoms with Gasteiger partial charge in [-0.3, -0.25) is 0 Å². The van der Waals surface area contributed by atoms with Crippen molar-refractivity contribution in [1.82, 2.24) is 4.98 Å². The van der Waals surface area contributed by atoms with Crippen LogP contribution in [-0.2, 0) is 0 Å². The third-order valence-electron chi connectivity index (χ3n) is 2.81. The third kappa shape index (κ3) is 2.58. The van der Waals surface area contributed by atoms with Gasteiger partial charge < -0.3 is 11.1 Å². The highest BCUT2D eigenvalue weighted by Crippen LogP contribution is 2.28. The molecule has 0 aliphatic carbocycles. The summed E-state index contributed by atoms with van der Waals surface area (Å²) in [7, 11) is 0. The van der Waals surface area contributed by atoms with Crippen molar-refractivity contribution in [2.24, 2.45) is 0 Å². The summed E-state index contributed by atoms with van der Waals surface area (Å²) in [6, 6.07) is 6.28. The number of nitrogen functional groups attached to an aromatic ring is 1. The summed E-state index contributed by atoms with van der Waals surface area (Å²) in [6.07, 6.45) is 2.82. The molecular formula is C13H17N3S. The van der Waals surface area contributed by atoms with E-state index in [0.717, 1.165) is 28.4 Å². The second-order valence-electron chi connectivity index (χ2n) is 4.01. The lowest BCUT2D eigenvalue weighted by Gasteiger charge is -2.18. The molecule has 0 fully saturated rings. The van der Waals surface area contributed by atoms with Gasteiger partial charge in [0.25, 0.3) is 0 Å². The van der Waals surface area contributed by atoms with Crippen LogP contribution in [0.25, 0.3) is 0 Å². The monoisotopic (exact) mass is 247 g/mol. The van der Waals surface area contributed by atoms with E-state index in [1.807, 2.05) is 36.7 Å². The summed E-state index contributed by atoms with van der Waals surface area (Å²) in [4.78, 5) is 4.35. The van der Waals surface area contributed by atoms with Gasteiger partial charge in [0.15, 0.2) is 0 Å². The van der Waals surface area contributed by atoms with Gasteiger partial charge in [-0.1, -0.05) is 19.1 Å². The smallest absolute Gasteiger partial charge is 0.115 e. The Bertz CT molecular complexity index is 479. The fourth-order valence-electron chi connectivity index (χ4n) is 1.74. The first-order valence-electron chi connectivity index (χ1n) is 5.73. The summed E-state index contributed by atoms with van der Waals surface area (Å²) in [5.74, 6) is 0. The molecular weight excluding hydrogens is 230 g/mol. The van der Waals surface area contributed by atoms with Gasteiger partial charge in [-0.25, -0.2) is 4.98 Å². The van der Waals surface area contributed by atoms with E-state index in [0.29, 0.717) is 0 Å². The summed E-state index contributed by atoms with van der Waals surface area (Å²) >= 11 is 1.67. The lowest BCUT2D eigenvalue weighted by atomic mass is 10.1. The van der Waals surface area contributed by atoms with E-state index in [9.17, 15) is 0 Å². The van der Waals surface area contributed by atoms with E-state index in [1.165, 1.54) is 0 Å². The summed E-state index contributed by atoms with van der Waals surface area (Å²) in [6.45, 7) is 4.16. The summed E-state index contributed by atoms with van der Waals surface area (Å²) in [5.41, 5.74) is 8.97. The fraction of sp³-hybridized carbons (Fsp3) is 0.308. The van der Waals surface area contributed by atoms with Crippen molar-refractivity contribution < 1.29 is 0 Å². The second kappa shape index (κ2) is 5.19. The van der Waals surface area contributed by atoms with Crippen molar-refractivity contribution >= 4 is 22.7 Å². The first-order valence-corrected chi connectivity index (χ1v) is 6.61. The molecule has 1 heterocycles. The van der Waals surface area contributed by atoms with Gasteiger partial charge in [-0.2, -0.15) is 0 Å². The molecule has 0 aliphatic rings. The summed E-state index contributed by atoms with van der Waals surface area (Å²) in [5, 5.41) is 6.57. The normalized spacial score (nSPS) is 12.4. The Balaban J connectivity index is 2.22. The number of nitrogens with one attached hydrogen (secondary N) is 1. The average molecular weight is 247 g/mol. The quantitative estimate of drug-likeness (QED) is 0.812. The Hall–Kier alpha value is -1.55. The highest BCUT2D eigenvalue weighted by Gasteiger charge is 2.13. The van der Waals surface area contributed by atoms with Crippen LogP contribution >= 0.6 is 11.3 Å². The van der Waals surface area contributed by atoms with Crippen LogP contribution in [-0.4, -0.2) is 4.98 Å². The molecule has 3 nitrogen and oxygen atoms in total. The number of hydrogen-bond donors (Lipinski definition) is 2. The number of anilines is 2. The van der Waals surface area contributed by atoms with Crippen LogP contribution in [0, 0.1) is 6.92 Å². The molecule has 3 N–H and O–H groups in total. The van der Waals surface area contributed by atoms with E-state index < -0.39 is 0 Å². The topological polar surface area (TPSA) is 50.9 Å². The van der Waals surface area contributed by atoms with Crippen LogP contribution in [0.1, 0.15) is 30.0 Å². The average Bonchev–Trinajstić information content (AvgIpc) is 2.85. The molecule has 2 aromatic rings. The third-order valence-corrected chi connectivity index (χ3v) is 3.70. The molecule has 17 heavy (non-hydrogen) atoms. The lowest BCUT2D eigenvalue weighted by Crippen LogP contribution is -2.11. The van der Waals surface area contributed by atoms with Crippen molar-refractivity contribution in [1.29, 1.82) is 0 Å². The molecule has 0 amide bonds. The minimum atomic E-state index is 0.235. The number of hydrogen-bond acceptors (Lipinski definition) is 4. The highest BCUT2D eigenvalue weighted by molar-refractivity contribution is 7.09. The molecule has 0 bridgehead atoms. The molecule has 0 spiro atoms. The maximum Gasteiger partial charge on any atom is 0.115 e. The number of thiazole rings is 1. The number of aromatic nitrogens is 1. The molecule has 1 unspecified atom stereocenters. The summed E-state index contributed by atoms with van der Waals surface area (Å²) < 4.78 is 0. The molecule has 1 atom stereocenters. The molecule has 2 rings (SSSR count). The van der Waals surface area contributed by atoms with Crippen LogP contribution in [0.3, 0.4) is 0 Å². The number of nitrogens with two attached hydrogens (primary N) is 1. The van der Waals surface area contributed by atoms with E-state index in [4.69, 9.17) is 5.73 Å². The molecule has 1 aromatic heterocycles. The zero-order valence-corrected chi connectivity index (χ0v) is 10.9. The molecule has 0 saturated heterocycles. The number of para-hydroxylation sites is 1. The first kappa shape index (κ1) is 11.9. The van der Waals surface area contributed by atoms with Crippen molar-refractivity contribution in [3.63, 3.8) is 0 Å². The Morgan fingerprint density at radius 3 is 2.94 bits per heavy atom. The van der Waals surface area contributed by atoms with Crippen molar-refractivity contribution in [3.05, 3.63) is 40.3 Å². The Morgan fingerprint density at radius 2 is 2.29 bits per heavy atom. The van der Waals surface area contributed by atoms with E-state index in [1.54, 1.807) is 11.3 Å². The number of benzene rings is 1. The van der Waals surface area contributed by atoms with Crippen molar-refractivity contribution in [2.45, 2.75) is 26.3 Å². The standard InChI is InChI=1S/C13H17N3S/c1-3-10(13-15-7-8-17-13)16-11-6-4-5-9(2)12(11)14/h4-8,10,16H,3,14H2,1-2H3. The van der Waals surface area contributed by atoms with E-state index in [2.05, 4.69) is 17.2 Å². The van der Waals surface area contributed by atoms with E-state index >= 15 is 0 Å². The minimum absolute atomic E-state index is 0.235. The van der Waals surface area contributed by atoms with Gasteiger partial charge in [0.05, 0.1) is 17.4 Å².